The third-order valence-corrected chi connectivity index (χ3v) is 3.41. The lowest BCUT2D eigenvalue weighted by atomic mass is 9.88. The summed E-state index contributed by atoms with van der Waals surface area (Å²) in [6.45, 7) is 5.28. The molecule has 0 spiro atoms. The Bertz CT molecular complexity index is 401. The van der Waals surface area contributed by atoms with E-state index in [4.69, 9.17) is 0 Å². The summed E-state index contributed by atoms with van der Waals surface area (Å²) in [5.41, 5.74) is 3.50. The molecule has 1 aliphatic rings. The summed E-state index contributed by atoms with van der Waals surface area (Å²) in [6, 6.07) is 6.43. The van der Waals surface area contributed by atoms with E-state index in [-0.39, 0.29) is 6.61 Å². The van der Waals surface area contributed by atoms with Crippen LogP contribution in [0.5, 0.6) is 0 Å². The predicted octanol–water partition coefficient (Wildman–Crippen LogP) is 1.59. The molecule has 0 aromatic heterocycles. The molecule has 86 valence electrons. The Balaban J connectivity index is 2.28. The molecule has 1 aromatic rings. The van der Waals surface area contributed by atoms with Crippen molar-refractivity contribution in [3.8, 4) is 0 Å². The summed E-state index contributed by atoms with van der Waals surface area (Å²) in [5, 5.41) is 12.4. The molecule has 0 fully saturated rings. The van der Waals surface area contributed by atoms with Crippen molar-refractivity contribution in [3.63, 3.8) is 0 Å². The van der Waals surface area contributed by atoms with Crippen LogP contribution < -0.4 is 5.32 Å². The minimum Gasteiger partial charge on any atom is -0.392 e. The van der Waals surface area contributed by atoms with E-state index in [0.29, 0.717) is 12.0 Å². The van der Waals surface area contributed by atoms with Gasteiger partial charge in [0, 0.05) is 12.5 Å². The van der Waals surface area contributed by atoms with Crippen molar-refractivity contribution in [2.45, 2.75) is 32.4 Å². The van der Waals surface area contributed by atoms with Gasteiger partial charge in [-0.05, 0) is 23.6 Å². The van der Waals surface area contributed by atoms with E-state index < -0.39 is 0 Å². The normalized spacial score (nSPS) is 20.8. The maximum absolute atomic E-state index is 9.25. The van der Waals surface area contributed by atoms with Crippen LogP contribution in [0.2, 0.25) is 0 Å². The van der Waals surface area contributed by atoms with E-state index in [0.717, 1.165) is 12.1 Å². The molecule has 0 aliphatic carbocycles. The average molecular weight is 218 g/mol. The van der Waals surface area contributed by atoms with Gasteiger partial charge in [0.1, 0.15) is 0 Å². The monoisotopic (exact) mass is 218 g/mol. The molecule has 1 heterocycles. The van der Waals surface area contributed by atoms with Crippen LogP contribution in [0, 0.1) is 6.92 Å². The molecule has 2 atom stereocenters. The van der Waals surface area contributed by atoms with Gasteiger partial charge < -0.3 is 10.4 Å². The van der Waals surface area contributed by atoms with Crippen molar-refractivity contribution >= 4 is 6.34 Å². The molecule has 0 saturated heterocycles. The smallest absolute Gasteiger partial charge is 0.0829 e. The highest BCUT2D eigenvalue weighted by molar-refractivity contribution is 5.57. The molecule has 16 heavy (non-hydrogen) atoms. The fourth-order valence-electron chi connectivity index (χ4n) is 2.26. The molecule has 0 saturated carbocycles. The third kappa shape index (κ3) is 1.95. The van der Waals surface area contributed by atoms with Crippen LogP contribution >= 0.6 is 0 Å². The summed E-state index contributed by atoms with van der Waals surface area (Å²) in [6.07, 6.45) is 1.78. The summed E-state index contributed by atoms with van der Waals surface area (Å²) in [7, 11) is 0. The molecule has 1 aliphatic heterocycles. The van der Waals surface area contributed by atoms with Gasteiger partial charge in [-0.15, -0.1) is 0 Å². The average Bonchev–Trinajstić information content (AvgIpc) is 2.82. The quantitative estimate of drug-likeness (QED) is 0.809. The van der Waals surface area contributed by atoms with Crippen LogP contribution in [-0.2, 0) is 6.61 Å². The zero-order valence-corrected chi connectivity index (χ0v) is 9.77. The van der Waals surface area contributed by atoms with Gasteiger partial charge in [-0.3, -0.25) is 4.99 Å². The Kier molecular flexibility index (Phi) is 3.25. The van der Waals surface area contributed by atoms with E-state index in [2.05, 4.69) is 30.2 Å². The van der Waals surface area contributed by atoms with E-state index in [1.807, 2.05) is 12.1 Å². The molecule has 3 nitrogen and oxygen atoms in total. The summed E-state index contributed by atoms with van der Waals surface area (Å²) in [5.74, 6) is 0.387. The molecule has 0 radical (unpaired) electrons. The van der Waals surface area contributed by atoms with Crippen molar-refractivity contribution in [1.29, 1.82) is 0 Å². The van der Waals surface area contributed by atoms with Gasteiger partial charge in [0.2, 0.25) is 0 Å². The van der Waals surface area contributed by atoms with E-state index >= 15 is 0 Å². The fraction of sp³-hybridized carbons (Fsp3) is 0.462. The first kappa shape index (κ1) is 11.1. The zero-order chi connectivity index (χ0) is 11.5. The number of benzene rings is 1. The first-order chi connectivity index (χ1) is 7.74. The van der Waals surface area contributed by atoms with Crippen molar-refractivity contribution in [1.82, 2.24) is 5.32 Å². The van der Waals surface area contributed by atoms with Crippen LogP contribution in [0.25, 0.3) is 0 Å². The third-order valence-electron chi connectivity index (χ3n) is 3.41. The van der Waals surface area contributed by atoms with Gasteiger partial charge in [0.05, 0.1) is 19.0 Å². The van der Waals surface area contributed by atoms with E-state index in [9.17, 15) is 5.11 Å². The molecule has 1 aromatic carbocycles. The Hall–Kier alpha value is -1.35. The number of nitrogens with zero attached hydrogens (tertiary/aromatic N) is 1. The van der Waals surface area contributed by atoms with Gasteiger partial charge in [0.15, 0.2) is 0 Å². The van der Waals surface area contributed by atoms with Gasteiger partial charge >= 0.3 is 0 Å². The van der Waals surface area contributed by atoms with Crippen LogP contribution in [-0.4, -0.2) is 24.0 Å². The number of aliphatic imine (C=N–C) groups is 1. The lowest BCUT2D eigenvalue weighted by Gasteiger charge is -2.20. The lowest BCUT2D eigenvalue weighted by molar-refractivity contribution is 0.281. The SMILES string of the molecule is Cc1c(CO)cccc1[C@H](C)C1CNC=N1. The van der Waals surface area contributed by atoms with Crippen molar-refractivity contribution < 1.29 is 5.11 Å². The number of hydrogen-bond donors (Lipinski definition) is 2. The standard InChI is InChI=1S/C13H18N2O/c1-9-11(7-16)4-3-5-12(9)10(2)13-6-14-8-15-13/h3-5,8,10,13,16H,6-7H2,1-2H3,(H,14,15)/t10-,13?/m0/s1. The Morgan fingerprint density at radius 2 is 2.38 bits per heavy atom. The first-order valence-corrected chi connectivity index (χ1v) is 5.68. The highest BCUT2D eigenvalue weighted by Gasteiger charge is 2.21. The Labute approximate surface area is 96.2 Å². The maximum atomic E-state index is 9.25. The second-order valence-corrected chi connectivity index (χ2v) is 4.33. The minimum absolute atomic E-state index is 0.110. The molecule has 0 bridgehead atoms. The summed E-state index contributed by atoms with van der Waals surface area (Å²) in [4.78, 5) is 4.41. The topological polar surface area (TPSA) is 44.6 Å². The fourth-order valence-corrected chi connectivity index (χ4v) is 2.26. The number of aliphatic hydroxyl groups is 1. The highest BCUT2D eigenvalue weighted by atomic mass is 16.3. The lowest BCUT2D eigenvalue weighted by Crippen LogP contribution is -2.21. The molecular formula is C13H18N2O. The van der Waals surface area contributed by atoms with Crippen LogP contribution in [0.4, 0.5) is 0 Å². The number of aliphatic hydroxyl groups excluding tert-OH is 1. The second kappa shape index (κ2) is 4.66. The number of rotatable bonds is 3. The van der Waals surface area contributed by atoms with Crippen molar-refractivity contribution in [2.24, 2.45) is 4.99 Å². The van der Waals surface area contributed by atoms with Gasteiger partial charge in [-0.25, -0.2) is 0 Å². The number of nitrogens with one attached hydrogen (secondary N) is 1. The number of hydrogen-bond acceptors (Lipinski definition) is 3. The largest absolute Gasteiger partial charge is 0.392 e. The van der Waals surface area contributed by atoms with Crippen LogP contribution in [0.3, 0.4) is 0 Å². The van der Waals surface area contributed by atoms with Crippen LogP contribution in [0.15, 0.2) is 23.2 Å². The van der Waals surface area contributed by atoms with E-state index in [1.54, 1.807) is 6.34 Å². The second-order valence-electron chi connectivity index (χ2n) is 4.33. The molecule has 2 rings (SSSR count). The minimum atomic E-state index is 0.110. The van der Waals surface area contributed by atoms with Crippen LogP contribution in [0.1, 0.15) is 29.5 Å². The van der Waals surface area contributed by atoms with Gasteiger partial charge in [-0.1, -0.05) is 25.1 Å². The van der Waals surface area contributed by atoms with Gasteiger partial charge in [0.25, 0.3) is 0 Å². The first-order valence-electron chi connectivity index (χ1n) is 5.68. The Morgan fingerprint density at radius 3 is 3.00 bits per heavy atom. The maximum Gasteiger partial charge on any atom is 0.0829 e. The molecule has 1 unspecified atom stereocenters. The summed E-state index contributed by atoms with van der Waals surface area (Å²) >= 11 is 0. The molecule has 0 amide bonds. The van der Waals surface area contributed by atoms with Crippen molar-refractivity contribution in [2.75, 3.05) is 6.54 Å². The predicted molar refractivity (Wildman–Crippen MR) is 65.8 cm³/mol. The van der Waals surface area contributed by atoms with Gasteiger partial charge in [-0.2, -0.15) is 0 Å². The molecule has 2 N–H and O–H groups in total. The highest BCUT2D eigenvalue weighted by Crippen LogP contribution is 2.27. The molecular weight excluding hydrogens is 200 g/mol. The van der Waals surface area contributed by atoms with E-state index in [1.165, 1.54) is 11.1 Å². The zero-order valence-electron chi connectivity index (χ0n) is 9.77. The summed E-state index contributed by atoms with van der Waals surface area (Å²) < 4.78 is 0. The van der Waals surface area contributed by atoms with Crippen molar-refractivity contribution in [3.05, 3.63) is 34.9 Å². The Morgan fingerprint density at radius 1 is 1.56 bits per heavy atom. The molecule has 3 heteroatoms.